The van der Waals surface area contributed by atoms with E-state index in [1.165, 1.54) is 13.3 Å². The second-order valence-electron chi connectivity index (χ2n) is 6.48. The summed E-state index contributed by atoms with van der Waals surface area (Å²) in [5, 5.41) is 4.16. The van der Waals surface area contributed by atoms with Crippen LogP contribution in [0.2, 0.25) is 0 Å². The van der Waals surface area contributed by atoms with Crippen LogP contribution in [0, 0.1) is 0 Å². The fourth-order valence-corrected chi connectivity index (χ4v) is 2.95. The minimum atomic E-state index is -0.469. The van der Waals surface area contributed by atoms with Crippen LogP contribution in [0.25, 0.3) is 10.9 Å². The number of carbonyl (C=O) groups is 1. The number of carbonyl (C=O) groups excluding carboxylic acids is 1. The minimum absolute atomic E-state index is 0.0146. The van der Waals surface area contributed by atoms with Crippen LogP contribution < -0.4 is 20.5 Å². The molecule has 0 amide bonds. The number of nitrogens with two attached hydrogens (primary N) is 1. The Bertz CT molecular complexity index is 988. The molecule has 1 aliphatic heterocycles. The Morgan fingerprint density at radius 2 is 1.85 bits per heavy atom. The number of nitrogens with zero attached hydrogens (tertiary/aromatic N) is 2. The lowest BCUT2D eigenvalue weighted by Gasteiger charge is -2.19. The first-order valence-corrected chi connectivity index (χ1v) is 8.76. The quantitative estimate of drug-likeness (QED) is 0.718. The first-order valence-electron chi connectivity index (χ1n) is 8.76. The van der Waals surface area contributed by atoms with Gasteiger partial charge in [-0.1, -0.05) is 12.1 Å². The van der Waals surface area contributed by atoms with Crippen LogP contribution in [0.4, 0.5) is 11.5 Å². The van der Waals surface area contributed by atoms with Crippen LogP contribution in [-0.2, 0) is 11.2 Å². The highest BCUT2D eigenvalue weighted by molar-refractivity contribution is 5.93. The molecule has 0 aliphatic carbocycles. The number of aromatic nitrogens is 2. The van der Waals surface area contributed by atoms with E-state index < -0.39 is 6.04 Å². The van der Waals surface area contributed by atoms with Gasteiger partial charge in [0.25, 0.3) is 0 Å². The van der Waals surface area contributed by atoms with Gasteiger partial charge in [0.15, 0.2) is 11.5 Å². The molecule has 0 bridgehead atoms. The van der Waals surface area contributed by atoms with Gasteiger partial charge in [-0.25, -0.2) is 9.97 Å². The summed E-state index contributed by atoms with van der Waals surface area (Å²) in [6.45, 7) is 2.57. The normalized spacial score (nSPS) is 14.0. The topological polar surface area (TPSA) is 99.4 Å². The number of fused-ring (bicyclic) bond motifs is 2. The molecule has 4 rings (SSSR count). The van der Waals surface area contributed by atoms with Gasteiger partial charge >= 0.3 is 0 Å². The zero-order valence-corrected chi connectivity index (χ0v) is 14.9. The van der Waals surface area contributed by atoms with Gasteiger partial charge in [-0.3, -0.25) is 4.79 Å². The summed E-state index contributed by atoms with van der Waals surface area (Å²) in [7, 11) is 0. The summed E-state index contributed by atoms with van der Waals surface area (Å²) >= 11 is 0. The van der Waals surface area contributed by atoms with Crippen molar-refractivity contribution in [3.05, 3.63) is 48.3 Å². The molecule has 0 fully saturated rings. The Hall–Kier alpha value is -3.19. The standard InChI is InChI=1S/C20H20N4O3/c1-12(25)16(21)8-13-2-4-14(5-3-13)24-20-15-9-18-19(27-7-6-26-18)10-17(15)22-11-23-20/h2-5,9-11,16H,6-8,21H2,1H3,(H,22,23,24)/t16-/m1/s1. The first-order chi connectivity index (χ1) is 13.1. The van der Waals surface area contributed by atoms with E-state index in [4.69, 9.17) is 15.2 Å². The Balaban J connectivity index is 1.59. The lowest BCUT2D eigenvalue weighted by molar-refractivity contribution is -0.118. The van der Waals surface area contributed by atoms with Crippen molar-refractivity contribution in [3.63, 3.8) is 0 Å². The average Bonchev–Trinajstić information content (AvgIpc) is 2.68. The van der Waals surface area contributed by atoms with E-state index in [0.29, 0.717) is 37.0 Å². The summed E-state index contributed by atoms with van der Waals surface area (Å²) in [5.74, 6) is 2.06. The zero-order valence-electron chi connectivity index (χ0n) is 14.9. The number of hydrogen-bond acceptors (Lipinski definition) is 7. The van der Waals surface area contributed by atoms with Crippen molar-refractivity contribution >= 4 is 28.2 Å². The molecule has 2 heterocycles. The van der Waals surface area contributed by atoms with Crippen molar-refractivity contribution in [2.45, 2.75) is 19.4 Å². The number of rotatable bonds is 5. The first kappa shape index (κ1) is 17.2. The largest absolute Gasteiger partial charge is 0.486 e. The molecule has 0 unspecified atom stereocenters. The molecule has 0 saturated heterocycles. The summed E-state index contributed by atoms with van der Waals surface area (Å²) in [6, 6.07) is 11.1. The number of Topliss-reactive ketones (excluding diaryl/α,β-unsaturated/α-hetero) is 1. The number of ether oxygens (including phenoxy) is 2. The van der Waals surface area contributed by atoms with Crippen molar-refractivity contribution in [2.24, 2.45) is 5.73 Å². The molecule has 1 aromatic heterocycles. The highest BCUT2D eigenvalue weighted by Crippen LogP contribution is 2.36. The van der Waals surface area contributed by atoms with Gasteiger partial charge in [0.05, 0.1) is 11.6 Å². The minimum Gasteiger partial charge on any atom is -0.486 e. The monoisotopic (exact) mass is 364 g/mol. The SMILES string of the molecule is CC(=O)[C@H](N)Cc1ccc(Nc2ncnc3cc4c(cc23)OCCO4)cc1. The predicted molar refractivity (Wildman–Crippen MR) is 103 cm³/mol. The van der Waals surface area contributed by atoms with Crippen LogP contribution in [0.3, 0.4) is 0 Å². The van der Waals surface area contributed by atoms with E-state index in [1.54, 1.807) is 0 Å². The Kier molecular flexibility index (Phi) is 4.60. The Labute approximate surface area is 156 Å². The zero-order chi connectivity index (χ0) is 18.8. The van der Waals surface area contributed by atoms with Gasteiger partial charge in [-0.05, 0) is 37.1 Å². The maximum absolute atomic E-state index is 11.3. The molecule has 3 aromatic rings. The molecular weight excluding hydrogens is 344 g/mol. The van der Waals surface area contributed by atoms with Crippen LogP contribution in [0.5, 0.6) is 11.5 Å². The van der Waals surface area contributed by atoms with Gasteiger partial charge in [0.1, 0.15) is 31.1 Å². The summed E-state index contributed by atoms with van der Waals surface area (Å²) < 4.78 is 11.3. The second kappa shape index (κ2) is 7.20. The number of nitrogens with one attached hydrogen (secondary N) is 1. The fraction of sp³-hybridized carbons (Fsp3) is 0.250. The number of ketones is 1. The molecule has 7 heteroatoms. The maximum atomic E-state index is 11.3. The number of hydrogen-bond donors (Lipinski definition) is 2. The van der Waals surface area contributed by atoms with Crippen LogP contribution in [0.1, 0.15) is 12.5 Å². The fourth-order valence-electron chi connectivity index (χ4n) is 2.95. The predicted octanol–water partition coefficient (Wildman–Crippen LogP) is 2.60. The molecule has 0 saturated carbocycles. The molecule has 0 radical (unpaired) electrons. The van der Waals surface area contributed by atoms with Gasteiger partial charge < -0.3 is 20.5 Å². The van der Waals surface area contributed by atoms with Crippen molar-refractivity contribution in [1.29, 1.82) is 0 Å². The highest BCUT2D eigenvalue weighted by Gasteiger charge is 2.15. The van der Waals surface area contributed by atoms with E-state index in [1.807, 2.05) is 36.4 Å². The third-order valence-electron chi connectivity index (χ3n) is 4.49. The van der Waals surface area contributed by atoms with Gasteiger partial charge in [0, 0.05) is 17.1 Å². The van der Waals surface area contributed by atoms with Crippen molar-refractivity contribution in [1.82, 2.24) is 9.97 Å². The third-order valence-corrected chi connectivity index (χ3v) is 4.49. The molecule has 2 aromatic carbocycles. The molecule has 138 valence electrons. The number of anilines is 2. The van der Waals surface area contributed by atoms with E-state index >= 15 is 0 Å². The molecular formula is C20H20N4O3. The summed E-state index contributed by atoms with van der Waals surface area (Å²) in [6.07, 6.45) is 2.04. The van der Waals surface area contributed by atoms with Crippen molar-refractivity contribution < 1.29 is 14.3 Å². The second-order valence-corrected chi connectivity index (χ2v) is 6.48. The number of benzene rings is 2. The average molecular weight is 364 g/mol. The van der Waals surface area contributed by atoms with Crippen molar-refractivity contribution in [3.8, 4) is 11.5 Å². The smallest absolute Gasteiger partial charge is 0.163 e. The van der Waals surface area contributed by atoms with Crippen LogP contribution in [0.15, 0.2) is 42.7 Å². The van der Waals surface area contributed by atoms with Gasteiger partial charge in [-0.2, -0.15) is 0 Å². The Morgan fingerprint density at radius 1 is 1.15 bits per heavy atom. The molecule has 1 aliphatic rings. The van der Waals surface area contributed by atoms with Gasteiger partial charge in [-0.15, -0.1) is 0 Å². The summed E-state index contributed by atoms with van der Waals surface area (Å²) in [4.78, 5) is 20.0. The highest BCUT2D eigenvalue weighted by atomic mass is 16.6. The van der Waals surface area contributed by atoms with Crippen molar-refractivity contribution in [2.75, 3.05) is 18.5 Å². The third kappa shape index (κ3) is 3.68. The molecule has 7 nitrogen and oxygen atoms in total. The molecule has 0 spiro atoms. The van der Waals surface area contributed by atoms with E-state index in [9.17, 15) is 4.79 Å². The maximum Gasteiger partial charge on any atom is 0.163 e. The molecule has 27 heavy (non-hydrogen) atoms. The van der Waals surface area contributed by atoms with Crippen LogP contribution in [-0.4, -0.2) is 35.0 Å². The van der Waals surface area contributed by atoms with E-state index in [0.717, 1.165) is 22.2 Å². The lowest BCUT2D eigenvalue weighted by atomic mass is 10.0. The Morgan fingerprint density at radius 3 is 2.56 bits per heavy atom. The lowest BCUT2D eigenvalue weighted by Crippen LogP contribution is -2.30. The molecule has 1 atom stereocenters. The van der Waals surface area contributed by atoms with E-state index in [2.05, 4.69) is 15.3 Å². The molecule has 3 N–H and O–H groups in total. The summed E-state index contributed by atoms with van der Waals surface area (Å²) in [5.41, 5.74) is 8.49. The van der Waals surface area contributed by atoms with Gasteiger partial charge in [0.2, 0.25) is 0 Å². The van der Waals surface area contributed by atoms with E-state index in [-0.39, 0.29) is 5.78 Å². The van der Waals surface area contributed by atoms with Crippen LogP contribution >= 0.6 is 0 Å².